The molecule has 4 heteroatoms. The minimum Gasteiger partial charge on any atom is -0.388 e. The highest BCUT2D eigenvalue weighted by Crippen LogP contribution is 2.21. The Morgan fingerprint density at radius 2 is 1.95 bits per heavy atom. The number of carbonyl (C=O) groups is 1. The summed E-state index contributed by atoms with van der Waals surface area (Å²) in [6.07, 6.45) is 1.74. The van der Waals surface area contributed by atoms with Crippen molar-refractivity contribution in [3.8, 4) is 0 Å². The topological polar surface area (TPSA) is 49.8 Å². The molecule has 1 fully saturated rings. The van der Waals surface area contributed by atoms with E-state index >= 15 is 0 Å². The van der Waals surface area contributed by atoms with E-state index in [1.165, 1.54) is 0 Å². The number of ether oxygens (including phenoxy) is 1. The van der Waals surface area contributed by atoms with Gasteiger partial charge < -0.3 is 9.84 Å². The molecule has 1 aromatic rings. The van der Waals surface area contributed by atoms with Crippen molar-refractivity contribution in [3.63, 3.8) is 0 Å². The standard InChI is InChI=1S/C16H23NO3/c1-17(13-16(19)7-9-20-10-8-16)12-15(18)11-14-5-3-2-4-6-14/h2-6,19H,7-13H2,1H3. The molecule has 1 aliphatic heterocycles. The number of ketones is 1. The number of hydrogen-bond acceptors (Lipinski definition) is 4. The molecule has 0 aliphatic carbocycles. The first kappa shape index (κ1) is 15.2. The molecule has 0 radical (unpaired) electrons. The predicted octanol–water partition coefficient (Wildman–Crippen LogP) is 1.27. The molecule has 1 aromatic carbocycles. The molecule has 2 rings (SSSR count). The van der Waals surface area contributed by atoms with Gasteiger partial charge in [-0.1, -0.05) is 30.3 Å². The largest absolute Gasteiger partial charge is 0.388 e. The van der Waals surface area contributed by atoms with Gasteiger partial charge in [0.2, 0.25) is 0 Å². The van der Waals surface area contributed by atoms with Crippen LogP contribution in [-0.4, -0.2) is 54.7 Å². The molecule has 4 nitrogen and oxygen atoms in total. The first-order valence-electron chi connectivity index (χ1n) is 7.12. The number of rotatable bonds is 6. The number of carbonyl (C=O) groups excluding carboxylic acids is 1. The molecule has 0 aromatic heterocycles. The smallest absolute Gasteiger partial charge is 0.151 e. The normalized spacial score (nSPS) is 18.1. The van der Waals surface area contributed by atoms with Crippen molar-refractivity contribution in [3.05, 3.63) is 35.9 Å². The third kappa shape index (κ3) is 4.71. The van der Waals surface area contributed by atoms with Crippen LogP contribution in [-0.2, 0) is 16.0 Å². The van der Waals surface area contributed by atoms with Crippen LogP contribution in [0.2, 0.25) is 0 Å². The van der Waals surface area contributed by atoms with Crippen molar-refractivity contribution < 1.29 is 14.6 Å². The lowest BCUT2D eigenvalue weighted by Gasteiger charge is -2.35. The molecule has 0 atom stereocenters. The van der Waals surface area contributed by atoms with Crippen LogP contribution in [0.25, 0.3) is 0 Å². The summed E-state index contributed by atoms with van der Waals surface area (Å²) in [7, 11) is 1.89. The van der Waals surface area contributed by atoms with Crippen LogP contribution in [0.3, 0.4) is 0 Å². The number of likely N-dealkylation sites (N-methyl/N-ethyl adjacent to an activating group) is 1. The molecule has 20 heavy (non-hydrogen) atoms. The minimum absolute atomic E-state index is 0.175. The van der Waals surface area contributed by atoms with Gasteiger partial charge in [0, 0.05) is 39.0 Å². The van der Waals surface area contributed by atoms with E-state index in [4.69, 9.17) is 4.74 Å². The molecule has 0 saturated carbocycles. The average molecular weight is 277 g/mol. The van der Waals surface area contributed by atoms with Gasteiger partial charge in [-0.2, -0.15) is 0 Å². The van der Waals surface area contributed by atoms with Crippen molar-refractivity contribution in [1.82, 2.24) is 4.90 Å². The van der Waals surface area contributed by atoms with Gasteiger partial charge in [0.15, 0.2) is 5.78 Å². The van der Waals surface area contributed by atoms with Gasteiger partial charge in [0.25, 0.3) is 0 Å². The maximum Gasteiger partial charge on any atom is 0.151 e. The molecule has 1 N–H and O–H groups in total. The van der Waals surface area contributed by atoms with Crippen LogP contribution >= 0.6 is 0 Å². The van der Waals surface area contributed by atoms with Crippen molar-refractivity contribution in [2.75, 3.05) is 33.4 Å². The number of nitrogens with zero attached hydrogens (tertiary/aromatic N) is 1. The Hall–Kier alpha value is -1.23. The third-order valence-electron chi connectivity index (χ3n) is 3.68. The molecule has 1 aliphatic rings. The maximum atomic E-state index is 12.0. The lowest BCUT2D eigenvalue weighted by atomic mass is 9.94. The van der Waals surface area contributed by atoms with Gasteiger partial charge >= 0.3 is 0 Å². The van der Waals surface area contributed by atoms with Gasteiger partial charge in [-0.05, 0) is 12.6 Å². The van der Waals surface area contributed by atoms with E-state index in [0.717, 1.165) is 5.56 Å². The Labute approximate surface area is 120 Å². The highest BCUT2D eigenvalue weighted by molar-refractivity contribution is 5.82. The van der Waals surface area contributed by atoms with Gasteiger partial charge in [-0.3, -0.25) is 9.69 Å². The van der Waals surface area contributed by atoms with Crippen LogP contribution in [0.15, 0.2) is 30.3 Å². The SMILES string of the molecule is CN(CC(=O)Cc1ccccc1)CC1(O)CCOCC1. The van der Waals surface area contributed by atoms with E-state index in [2.05, 4.69) is 0 Å². The lowest BCUT2D eigenvalue weighted by Crippen LogP contribution is -2.46. The first-order valence-corrected chi connectivity index (χ1v) is 7.12. The second-order valence-electron chi connectivity index (χ2n) is 5.71. The summed E-state index contributed by atoms with van der Waals surface area (Å²) in [6.45, 7) is 2.10. The molecule has 110 valence electrons. The highest BCUT2D eigenvalue weighted by atomic mass is 16.5. The van der Waals surface area contributed by atoms with Crippen molar-refractivity contribution in [2.45, 2.75) is 24.9 Å². The second-order valence-corrected chi connectivity index (χ2v) is 5.71. The molecule has 0 spiro atoms. The van der Waals surface area contributed by atoms with Gasteiger partial charge in [-0.15, -0.1) is 0 Å². The quantitative estimate of drug-likeness (QED) is 0.851. The van der Waals surface area contributed by atoms with Crippen molar-refractivity contribution in [1.29, 1.82) is 0 Å². The van der Waals surface area contributed by atoms with E-state index in [-0.39, 0.29) is 5.78 Å². The van der Waals surface area contributed by atoms with Crippen LogP contribution in [0, 0.1) is 0 Å². The van der Waals surface area contributed by atoms with Crippen LogP contribution in [0.4, 0.5) is 0 Å². The Morgan fingerprint density at radius 1 is 1.30 bits per heavy atom. The number of aliphatic hydroxyl groups is 1. The molecule has 0 unspecified atom stereocenters. The summed E-state index contributed by atoms with van der Waals surface area (Å²) in [6, 6.07) is 9.75. The summed E-state index contributed by atoms with van der Waals surface area (Å²) in [4.78, 5) is 13.9. The van der Waals surface area contributed by atoms with E-state index in [9.17, 15) is 9.90 Å². The van der Waals surface area contributed by atoms with Crippen molar-refractivity contribution >= 4 is 5.78 Å². The molecule has 1 saturated heterocycles. The van der Waals surface area contributed by atoms with Crippen LogP contribution in [0.1, 0.15) is 18.4 Å². The van der Waals surface area contributed by atoms with Crippen molar-refractivity contribution in [2.24, 2.45) is 0 Å². The van der Waals surface area contributed by atoms with E-state index in [0.29, 0.717) is 45.6 Å². The van der Waals surface area contributed by atoms with E-state index in [1.807, 2.05) is 42.3 Å². The first-order chi connectivity index (χ1) is 9.57. The summed E-state index contributed by atoms with van der Waals surface area (Å²) in [5.41, 5.74) is 0.329. The second kappa shape index (κ2) is 6.97. The Morgan fingerprint density at radius 3 is 2.60 bits per heavy atom. The maximum absolute atomic E-state index is 12.0. The Bertz CT molecular complexity index is 427. The van der Waals surface area contributed by atoms with Crippen LogP contribution in [0.5, 0.6) is 0 Å². The fourth-order valence-corrected chi connectivity index (χ4v) is 2.65. The molecule has 0 bridgehead atoms. The number of hydrogen-bond donors (Lipinski definition) is 1. The predicted molar refractivity (Wildman–Crippen MR) is 77.7 cm³/mol. The molecular weight excluding hydrogens is 254 g/mol. The average Bonchev–Trinajstić information content (AvgIpc) is 2.39. The minimum atomic E-state index is -0.708. The van der Waals surface area contributed by atoms with E-state index < -0.39 is 5.60 Å². The molecule has 0 amide bonds. The summed E-state index contributed by atoms with van der Waals surface area (Å²) in [5, 5.41) is 10.4. The zero-order chi connectivity index (χ0) is 14.4. The third-order valence-corrected chi connectivity index (χ3v) is 3.68. The van der Waals surface area contributed by atoms with Gasteiger partial charge in [-0.25, -0.2) is 0 Å². The van der Waals surface area contributed by atoms with Gasteiger partial charge in [0.05, 0.1) is 12.1 Å². The Balaban J connectivity index is 1.79. The Kier molecular flexibility index (Phi) is 5.29. The summed E-state index contributed by atoms with van der Waals surface area (Å²) >= 11 is 0. The highest BCUT2D eigenvalue weighted by Gasteiger charge is 2.31. The number of Topliss-reactive ketones (excluding diaryl/α,β-unsaturated/α-hetero) is 1. The molecule has 1 heterocycles. The van der Waals surface area contributed by atoms with Gasteiger partial charge in [0.1, 0.15) is 0 Å². The number of benzene rings is 1. The zero-order valence-corrected chi connectivity index (χ0v) is 12.0. The van der Waals surface area contributed by atoms with Crippen LogP contribution < -0.4 is 0 Å². The van der Waals surface area contributed by atoms with E-state index in [1.54, 1.807) is 0 Å². The molecular formula is C16H23NO3. The lowest BCUT2D eigenvalue weighted by molar-refractivity contribution is -0.121. The monoisotopic (exact) mass is 277 g/mol. The fourth-order valence-electron chi connectivity index (χ4n) is 2.65. The summed E-state index contributed by atoms with van der Waals surface area (Å²) < 4.78 is 5.26. The fraction of sp³-hybridized carbons (Fsp3) is 0.562. The summed E-state index contributed by atoms with van der Waals surface area (Å²) in [5.74, 6) is 0.175. The zero-order valence-electron chi connectivity index (χ0n) is 12.0.